The van der Waals surface area contributed by atoms with E-state index in [1.54, 1.807) is 0 Å². The van der Waals surface area contributed by atoms with Crippen LogP contribution < -0.4 is 5.32 Å². The fourth-order valence-electron chi connectivity index (χ4n) is 0.702. The minimum Gasteiger partial charge on any atom is -0.481 e. The van der Waals surface area contributed by atoms with Crippen molar-refractivity contribution in [3.63, 3.8) is 0 Å². The first-order chi connectivity index (χ1) is 6.66. The summed E-state index contributed by atoms with van der Waals surface area (Å²) in [4.78, 5) is 20.9. The van der Waals surface area contributed by atoms with Gasteiger partial charge in [0.1, 0.15) is 0 Å². The molecule has 2 N–H and O–H groups in total. The van der Waals surface area contributed by atoms with Gasteiger partial charge in [0.05, 0.1) is 13.2 Å². The minimum atomic E-state index is -0.887. The molecule has 14 heavy (non-hydrogen) atoms. The van der Waals surface area contributed by atoms with Crippen LogP contribution in [0.3, 0.4) is 0 Å². The lowest BCUT2D eigenvalue weighted by Crippen LogP contribution is -2.22. The Hall–Kier alpha value is -1.26. The maximum Gasteiger partial charge on any atom is 0.407 e. The highest BCUT2D eigenvalue weighted by atomic mass is 16.5. The van der Waals surface area contributed by atoms with E-state index in [1.165, 1.54) is 6.54 Å². The van der Waals surface area contributed by atoms with Gasteiger partial charge in [-0.1, -0.05) is 13.3 Å². The number of ether oxygens (including phenoxy) is 1. The summed E-state index contributed by atoms with van der Waals surface area (Å²) in [7, 11) is 0. The molecule has 1 amide bonds. The van der Waals surface area contributed by atoms with Gasteiger partial charge in [-0.05, 0) is 12.8 Å². The lowest BCUT2D eigenvalue weighted by molar-refractivity contribution is -0.137. The number of rotatable bonds is 7. The highest BCUT2D eigenvalue weighted by Crippen LogP contribution is 1.92. The monoisotopic (exact) mass is 202 g/mol. The second-order valence-electron chi connectivity index (χ2n) is 2.77. The van der Waals surface area contributed by atoms with Gasteiger partial charge in [0, 0.05) is 6.42 Å². The summed E-state index contributed by atoms with van der Waals surface area (Å²) < 4.78 is 4.76. The standard InChI is InChI=1S/C9H16NO4/c1-2-3-7-14-9(13)10-6-4-5-8(11)12/h6H,2-5,7H2,1H3,(H,10,13)(H,11,12). The second-order valence-corrected chi connectivity index (χ2v) is 2.77. The Morgan fingerprint density at radius 2 is 2.21 bits per heavy atom. The van der Waals surface area contributed by atoms with Crippen molar-refractivity contribution in [1.82, 2.24) is 5.32 Å². The maximum absolute atomic E-state index is 10.9. The zero-order valence-corrected chi connectivity index (χ0v) is 8.28. The van der Waals surface area contributed by atoms with Crippen molar-refractivity contribution in [1.29, 1.82) is 0 Å². The quantitative estimate of drug-likeness (QED) is 0.614. The Bertz CT molecular complexity index is 182. The molecule has 0 rings (SSSR count). The summed E-state index contributed by atoms with van der Waals surface area (Å²) in [5.74, 6) is -0.887. The van der Waals surface area contributed by atoms with E-state index in [0.29, 0.717) is 13.0 Å². The number of alkyl carbamates (subject to hydrolysis) is 1. The first-order valence-corrected chi connectivity index (χ1v) is 4.63. The molecule has 0 heterocycles. The molecule has 5 nitrogen and oxygen atoms in total. The largest absolute Gasteiger partial charge is 0.481 e. The van der Waals surface area contributed by atoms with Gasteiger partial charge < -0.3 is 15.2 Å². The Balaban J connectivity index is 3.22. The number of carboxylic acid groups (broad SMARTS) is 1. The molecule has 1 radical (unpaired) electrons. The van der Waals surface area contributed by atoms with Crippen molar-refractivity contribution < 1.29 is 19.4 Å². The van der Waals surface area contributed by atoms with E-state index in [1.807, 2.05) is 6.92 Å². The van der Waals surface area contributed by atoms with Crippen molar-refractivity contribution in [2.45, 2.75) is 32.6 Å². The van der Waals surface area contributed by atoms with E-state index in [-0.39, 0.29) is 6.42 Å². The van der Waals surface area contributed by atoms with Crippen molar-refractivity contribution in [3.05, 3.63) is 6.54 Å². The molecule has 0 aromatic rings. The molecule has 0 aliphatic carbocycles. The third kappa shape index (κ3) is 8.83. The molecule has 0 saturated heterocycles. The molecule has 0 unspecified atom stereocenters. The summed E-state index contributed by atoms with van der Waals surface area (Å²) in [5.41, 5.74) is 0. The van der Waals surface area contributed by atoms with Crippen LogP contribution in [-0.4, -0.2) is 23.8 Å². The summed E-state index contributed by atoms with van der Waals surface area (Å²) in [6, 6.07) is 0. The Morgan fingerprint density at radius 3 is 2.79 bits per heavy atom. The molecular weight excluding hydrogens is 186 g/mol. The van der Waals surface area contributed by atoms with Gasteiger partial charge in [-0.25, -0.2) is 4.79 Å². The number of carbonyl (C=O) groups excluding carboxylic acids is 1. The van der Waals surface area contributed by atoms with Gasteiger partial charge in [0.15, 0.2) is 0 Å². The SMILES string of the molecule is CCCCOC(=O)N[CH]CCC(=O)O. The average molecular weight is 202 g/mol. The van der Waals surface area contributed by atoms with Gasteiger partial charge in [-0.15, -0.1) is 0 Å². The third-order valence-corrected chi connectivity index (χ3v) is 1.45. The van der Waals surface area contributed by atoms with Gasteiger partial charge in [0.2, 0.25) is 0 Å². The van der Waals surface area contributed by atoms with Crippen LogP contribution in [0.5, 0.6) is 0 Å². The van der Waals surface area contributed by atoms with Crippen LogP contribution in [-0.2, 0) is 9.53 Å². The smallest absolute Gasteiger partial charge is 0.407 e. The summed E-state index contributed by atoms with van der Waals surface area (Å²) >= 11 is 0. The molecule has 0 atom stereocenters. The number of nitrogens with one attached hydrogen (secondary N) is 1. The van der Waals surface area contributed by atoms with Crippen LogP contribution >= 0.6 is 0 Å². The van der Waals surface area contributed by atoms with E-state index in [0.717, 1.165) is 12.8 Å². The highest BCUT2D eigenvalue weighted by molar-refractivity contribution is 5.69. The molecule has 0 aliphatic heterocycles. The highest BCUT2D eigenvalue weighted by Gasteiger charge is 2.01. The molecule has 0 aliphatic rings. The molecule has 0 fully saturated rings. The third-order valence-electron chi connectivity index (χ3n) is 1.45. The van der Waals surface area contributed by atoms with Crippen molar-refractivity contribution in [2.24, 2.45) is 0 Å². The fourth-order valence-corrected chi connectivity index (χ4v) is 0.702. The van der Waals surface area contributed by atoms with Gasteiger partial charge in [0.25, 0.3) is 0 Å². The van der Waals surface area contributed by atoms with Crippen LogP contribution in [0.2, 0.25) is 0 Å². The molecule has 0 bridgehead atoms. The van der Waals surface area contributed by atoms with Crippen LogP contribution in [0.1, 0.15) is 32.6 Å². The minimum absolute atomic E-state index is 0.00917. The van der Waals surface area contributed by atoms with E-state index in [9.17, 15) is 9.59 Å². The Labute approximate surface area is 83.4 Å². The van der Waals surface area contributed by atoms with Gasteiger partial charge in [-0.3, -0.25) is 4.79 Å². The molecule has 0 spiro atoms. The van der Waals surface area contributed by atoms with E-state index in [2.05, 4.69) is 5.32 Å². The predicted octanol–water partition coefficient (Wildman–Crippen LogP) is 1.54. The Morgan fingerprint density at radius 1 is 1.50 bits per heavy atom. The molecule has 81 valence electrons. The number of carbonyl (C=O) groups is 2. The number of hydrogen-bond donors (Lipinski definition) is 2. The first kappa shape index (κ1) is 12.7. The van der Waals surface area contributed by atoms with Crippen LogP contribution in [0.15, 0.2) is 0 Å². The number of carboxylic acids is 1. The zero-order chi connectivity index (χ0) is 10.8. The maximum atomic E-state index is 10.9. The summed E-state index contributed by atoms with van der Waals surface area (Å²) in [6.07, 6.45) is 1.59. The molecule has 0 aromatic heterocycles. The van der Waals surface area contributed by atoms with E-state index in [4.69, 9.17) is 9.84 Å². The van der Waals surface area contributed by atoms with E-state index >= 15 is 0 Å². The van der Waals surface area contributed by atoms with Crippen LogP contribution in [0, 0.1) is 6.54 Å². The summed E-state index contributed by atoms with van der Waals surface area (Å²) in [5, 5.41) is 10.6. The predicted molar refractivity (Wildman–Crippen MR) is 50.6 cm³/mol. The van der Waals surface area contributed by atoms with Crippen molar-refractivity contribution in [3.8, 4) is 0 Å². The van der Waals surface area contributed by atoms with Gasteiger partial charge >= 0.3 is 12.1 Å². The second kappa shape index (κ2) is 8.34. The van der Waals surface area contributed by atoms with Crippen LogP contribution in [0.4, 0.5) is 4.79 Å². The van der Waals surface area contributed by atoms with Crippen molar-refractivity contribution >= 4 is 12.1 Å². The molecular formula is C9H16NO4. The lowest BCUT2D eigenvalue weighted by atomic mass is 10.3. The molecule has 5 heteroatoms. The number of hydrogen-bond acceptors (Lipinski definition) is 3. The number of unbranched alkanes of at least 4 members (excludes halogenated alkanes) is 1. The first-order valence-electron chi connectivity index (χ1n) is 4.63. The van der Waals surface area contributed by atoms with Crippen LogP contribution in [0.25, 0.3) is 0 Å². The fraction of sp³-hybridized carbons (Fsp3) is 0.667. The molecule has 0 aromatic carbocycles. The topological polar surface area (TPSA) is 75.6 Å². The lowest BCUT2D eigenvalue weighted by Gasteiger charge is -2.04. The number of amides is 1. The Kier molecular flexibility index (Phi) is 7.59. The normalized spacial score (nSPS) is 9.50. The van der Waals surface area contributed by atoms with Crippen molar-refractivity contribution in [2.75, 3.05) is 6.61 Å². The zero-order valence-electron chi connectivity index (χ0n) is 8.28. The average Bonchev–Trinajstić information content (AvgIpc) is 2.13. The van der Waals surface area contributed by atoms with Gasteiger partial charge in [-0.2, -0.15) is 0 Å². The number of aliphatic carboxylic acids is 1. The summed E-state index contributed by atoms with van der Waals surface area (Å²) in [6.45, 7) is 3.79. The van der Waals surface area contributed by atoms with E-state index < -0.39 is 12.1 Å². The molecule has 0 saturated carbocycles.